The fourth-order valence-corrected chi connectivity index (χ4v) is 2.78. The lowest BCUT2D eigenvalue weighted by atomic mass is 10.1. The number of amides is 2. The predicted molar refractivity (Wildman–Crippen MR) is 91.6 cm³/mol. The Morgan fingerprint density at radius 2 is 2.08 bits per heavy atom. The summed E-state index contributed by atoms with van der Waals surface area (Å²) in [6.07, 6.45) is 1.00. The fourth-order valence-electron chi connectivity index (χ4n) is 2.78. The summed E-state index contributed by atoms with van der Waals surface area (Å²) >= 11 is 0. The van der Waals surface area contributed by atoms with Gasteiger partial charge < -0.3 is 25.3 Å². The molecule has 0 bridgehead atoms. The van der Waals surface area contributed by atoms with Crippen LogP contribution in [-0.4, -0.2) is 71.5 Å². The van der Waals surface area contributed by atoms with Crippen molar-refractivity contribution >= 4 is 23.5 Å². The Bertz CT molecular complexity index is 674. The highest BCUT2D eigenvalue weighted by atomic mass is 16.4. The summed E-state index contributed by atoms with van der Waals surface area (Å²) in [5, 5.41) is 21.2. The first-order chi connectivity index (χ1) is 11.8. The summed E-state index contributed by atoms with van der Waals surface area (Å²) in [6.45, 7) is 1.86. The number of nitrogens with zero attached hydrogens (tertiary/aromatic N) is 2. The Morgan fingerprint density at radius 3 is 2.68 bits per heavy atom. The van der Waals surface area contributed by atoms with E-state index in [9.17, 15) is 19.5 Å². The average molecular weight is 349 g/mol. The van der Waals surface area contributed by atoms with Crippen molar-refractivity contribution in [1.82, 2.24) is 9.80 Å². The van der Waals surface area contributed by atoms with Crippen LogP contribution in [0.2, 0.25) is 0 Å². The molecule has 1 aliphatic heterocycles. The first kappa shape index (κ1) is 18.7. The van der Waals surface area contributed by atoms with E-state index in [1.165, 1.54) is 18.2 Å². The van der Waals surface area contributed by atoms with Gasteiger partial charge in [0, 0.05) is 31.3 Å². The Morgan fingerprint density at radius 1 is 1.36 bits per heavy atom. The minimum atomic E-state index is -1.25. The molecular formula is C17H23N3O5. The van der Waals surface area contributed by atoms with E-state index in [4.69, 9.17) is 5.11 Å². The molecule has 3 N–H and O–H groups in total. The van der Waals surface area contributed by atoms with Crippen LogP contribution < -0.4 is 5.32 Å². The summed E-state index contributed by atoms with van der Waals surface area (Å²) in [5.41, 5.74) is 0.0621. The highest BCUT2D eigenvalue weighted by Gasteiger charge is 2.34. The number of likely N-dealkylation sites (tertiary alicyclic amines) is 1. The number of aromatic carboxylic acids is 1. The number of benzene rings is 1. The van der Waals surface area contributed by atoms with Crippen molar-refractivity contribution in [3.63, 3.8) is 0 Å². The molecule has 1 unspecified atom stereocenters. The largest absolute Gasteiger partial charge is 0.507 e. The molecular weight excluding hydrogens is 326 g/mol. The number of nitrogens with one attached hydrogen (secondary N) is 1. The van der Waals surface area contributed by atoms with Gasteiger partial charge in [0.25, 0.3) is 0 Å². The monoisotopic (exact) mass is 349 g/mol. The summed E-state index contributed by atoms with van der Waals surface area (Å²) in [5.74, 6) is -2.47. The van der Waals surface area contributed by atoms with Crippen LogP contribution in [0.5, 0.6) is 5.75 Å². The van der Waals surface area contributed by atoms with Crippen LogP contribution in [0.15, 0.2) is 18.2 Å². The normalized spacial score (nSPS) is 17.2. The first-order valence-electron chi connectivity index (χ1n) is 8.07. The molecule has 136 valence electrons. The van der Waals surface area contributed by atoms with Gasteiger partial charge in [0.05, 0.1) is 5.92 Å². The molecule has 8 nitrogen and oxygen atoms in total. The maximum absolute atomic E-state index is 12.3. The highest BCUT2D eigenvalue weighted by Crippen LogP contribution is 2.24. The fraction of sp³-hybridized carbons (Fsp3) is 0.471. The second-order valence-electron chi connectivity index (χ2n) is 6.42. The van der Waals surface area contributed by atoms with E-state index >= 15 is 0 Å². The Hall–Kier alpha value is -2.61. The molecule has 1 aromatic rings. The highest BCUT2D eigenvalue weighted by molar-refractivity contribution is 5.98. The molecule has 25 heavy (non-hydrogen) atoms. The lowest BCUT2D eigenvalue weighted by molar-refractivity contribution is -0.128. The SMILES string of the molecule is CN(C)CCCN1CC(C(=O)Nc2ccc(C(=O)O)c(O)c2)CC1=O. The molecule has 1 aromatic carbocycles. The minimum absolute atomic E-state index is 0.0389. The quantitative estimate of drug-likeness (QED) is 0.672. The van der Waals surface area contributed by atoms with Gasteiger partial charge in [-0.1, -0.05) is 0 Å². The smallest absolute Gasteiger partial charge is 0.339 e. The van der Waals surface area contributed by atoms with Gasteiger partial charge in [0.15, 0.2) is 0 Å². The van der Waals surface area contributed by atoms with E-state index in [0.717, 1.165) is 13.0 Å². The zero-order valence-corrected chi connectivity index (χ0v) is 14.4. The van der Waals surface area contributed by atoms with Crippen molar-refractivity contribution in [1.29, 1.82) is 0 Å². The molecule has 1 aliphatic rings. The molecule has 1 atom stereocenters. The molecule has 2 amide bonds. The molecule has 2 rings (SSSR count). The summed E-state index contributed by atoms with van der Waals surface area (Å²) in [4.78, 5) is 38.9. The van der Waals surface area contributed by atoms with Crippen molar-refractivity contribution < 1.29 is 24.6 Å². The standard InChI is InChI=1S/C17H23N3O5/c1-19(2)6-3-7-20-10-11(8-15(20)22)16(23)18-12-4-5-13(17(24)25)14(21)9-12/h4-5,9,11,21H,3,6-8,10H2,1-2H3,(H,18,23)(H,24,25). The number of hydrogen-bond acceptors (Lipinski definition) is 5. The molecule has 1 fully saturated rings. The van der Waals surface area contributed by atoms with Gasteiger partial charge in [-0.05, 0) is 39.2 Å². The summed E-state index contributed by atoms with van der Waals surface area (Å²) < 4.78 is 0. The predicted octanol–water partition coefficient (Wildman–Crippen LogP) is 0.829. The van der Waals surface area contributed by atoms with Crippen LogP contribution in [0, 0.1) is 5.92 Å². The Kier molecular flexibility index (Phi) is 5.97. The van der Waals surface area contributed by atoms with Gasteiger partial charge in [-0.15, -0.1) is 0 Å². The van der Waals surface area contributed by atoms with Crippen molar-refractivity contribution in [3.8, 4) is 5.75 Å². The van der Waals surface area contributed by atoms with Crippen LogP contribution in [0.3, 0.4) is 0 Å². The second-order valence-corrected chi connectivity index (χ2v) is 6.42. The molecule has 8 heteroatoms. The molecule has 1 saturated heterocycles. The summed E-state index contributed by atoms with van der Waals surface area (Å²) in [6, 6.07) is 3.82. The molecule has 0 aliphatic carbocycles. The number of anilines is 1. The number of hydrogen-bond donors (Lipinski definition) is 3. The number of aromatic hydroxyl groups is 1. The number of carboxylic acids is 1. The lowest BCUT2D eigenvalue weighted by Crippen LogP contribution is -2.30. The van der Waals surface area contributed by atoms with Gasteiger partial charge in [0.2, 0.25) is 11.8 Å². The molecule has 0 radical (unpaired) electrons. The van der Waals surface area contributed by atoms with Gasteiger partial charge in [-0.25, -0.2) is 4.79 Å². The van der Waals surface area contributed by atoms with Crippen molar-refractivity contribution in [2.45, 2.75) is 12.8 Å². The van der Waals surface area contributed by atoms with Crippen molar-refractivity contribution in [2.75, 3.05) is 39.0 Å². The lowest BCUT2D eigenvalue weighted by Gasteiger charge is -2.18. The van der Waals surface area contributed by atoms with Crippen molar-refractivity contribution in [3.05, 3.63) is 23.8 Å². The maximum Gasteiger partial charge on any atom is 0.339 e. The topological polar surface area (TPSA) is 110 Å². The van der Waals surface area contributed by atoms with Gasteiger partial charge >= 0.3 is 5.97 Å². The Balaban J connectivity index is 1.92. The van der Waals surface area contributed by atoms with E-state index in [1.54, 1.807) is 4.90 Å². The number of carbonyl (C=O) groups excluding carboxylic acids is 2. The van der Waals surface area contributed by atoms with Crippen LogP contribution >= 0.6 is 0 Å². The molecule has 1 heterocycles. The first-order valence-corrected chi connectivity index (χ1v) is 8.07. The van der Waals surface area contributed by atoms with E-state index < -0.39 is 17.6 Å². The molecule has 0 aromatic heterocycles. The summed E-state index contributed by atoms with van der Waals surface area (Å²) in [7, 11) is 3.93. The van der Waals surface area contributed by atoms with E-state index in [-0.39, 0.29) is 23.8 Å². The Labute approximate surface area is 146 Å². The molecule has 0 saturated carbocycles. The third-order valence-corrected chi connectivity index (χ3v) is 4.11. The van der Waals surface area contributed by atoms with Crippen LogP contribution in [0.25, 0.3) is 0 Å². The minimum Gasteiger partial charge on any atom is -0.507 e. The maximum atomic E-state index is 12.3. The van der Waals surface area contributed by atoms with Gasteiger partial charge in [-0.2, -0.15) is 0 Å². The van der Waals surface area contributed by atoms with Crippen LogP contribution in [0.4, 0.5) is 5.69 Å². The van der Waals surface area contributed by atoms with Gasteiger partial charge in [-0.3, -0.25) is 9.59 Å². The zero-order valence-electron chi connectivity index (χ0n) is 14.4. The second kappa shape index (κ2) is 7.98. The number of carbonyl (C=O) groups is 3. The average Bonchev–Trinajstić information content (AvgIpc) is 2.88. The van der Waals surface area contributed by atoms with E-state index in [0.29, 0.717) is 18.8 Å². The van der Waals surface area contributed by atoms with E-state index in [2.05, 4.69) is 5.32 Å². The number of rotatable bonds is 7. The number of phenols is 1. The van der Waals surface area contributed by atoms with Crippen molar-refractivity contribution in [2.24, 2.45) is 5.92 Å². The number of carboxylic acid groups (broad SMARTS) is 1. The third-order valence-electron chi connectivity index (χ3n) is 4.11. The van der Waals surface area contributed by atoms with Gasteiger partial charge in [0.1, 0.15) is 11.3 Å². The zero-order chi connectivity index (χ0) is 18.6. The van der Waals surface area contributed by atoms with Crippen LogP contribution in [-0.2, 0) is 9.59 Å². The van der Waals surface area contributed by atoms with Crippen LogP contribution in [0.1, 0.15) is 23.2 Å². The third kappa shape index (κ3) is 4.93. The molecule has 0 spiro atoms. The van der Waals surface area contributed by atoms with E-state index in [1.807, 2.05) is 19.0 Å².